The van der Waals surface area contributed by atoms with Gasteiger partial charge in [-0.25, -0.2) is 8.42 Å². The molecular weight excluding hydrogens is 296 g/mol. The fraction of sp³-hybridized carbons (Fsp3) is 0.200. The molecule has 9 heteroatoms. The van der Waals surface area contributed by atoms with Gasteiger partial charge in [0.25, 0.3) is 0 Å². The largest absolute Gasteiger partial charge is 0.378 e. The predicted molar refractivity (Wildman–Crippen MR) is 66.9 cm³/mol. The number of hydrogen-bond acceptors (Lipinski definition) is 6. The number of nitrogens with zero attached hydrogens (tertiary/aromatic N) is 2. The summed E-state index contributed by atoms with van der Waals surface area (Å²) in [6.45, 7) is 0.215. The second-order valence-electron chi connectivity index (χ2n) is 3.55. The van der Waals surface area contributed by atoms with Crippen LogP contribution < -0.4 is 5.32 Å². The highest BCUT2D eigenvalue weighted by Gasteiger charge is 2.28. The minimum absolute atomic E-state index is 0.121. The SMILES string of the molecule is O=S(=O)(c1ccccc1NCc1csnn1)C(F)F. The number of alkyl halides is 2. The maximum absolute atomic E-state index is 12.6. The van der Waals surface area contributed by atoms with Crippen molar-refractivity contribution in [3.8, 4) is 0 Å². The quantitative estimate of drug-likeness (QED) is 0.916. The van der Waals surface area contributed by atoms with Gasteiger partial charge < -0.3 is 5.32 Å². The van der Waals surface area contributed by atoms with Gasteiger partial charge in [-0.05, 0) is 23.7 Å². The molecule has 0 radical (unpaired) electrons. The molecule has 0 aliphatic carbocycles. The highest BCUT2D eigenvalue weighted by atomic mass is 32.2. The molecule has 19 heavy (non-hydrogen) atoms. The zero-order valence-electron chi connectivity index (χ0n) is 9.45. The Morgan fingerprint density at radius 2 is 2.05 bits per heavy atom. The van der Waals surface area contributed by atoms with Crippen LogP contribution in [-0.2, 0) is 16.4 Å². The van der Waals surface area contributed by atoms with Gasteiger partial charge >= 0.3 is 5.76 Å². The first-order chi connectivity index (χ1) is 9.01. The molecule has 5 nitrogen and oxygen atoms in total. The zero-order valence-corrected chi connectivity index (χ0v) is 11.1. The third-order valence-corrected chi connectivity index (χ3v) is 4.28. The van der Waals surface area contributed by atoms with Crippen molar-refractivity contribution in [2.24, 2.45) is 0 Å². The van der Waals surface area contributed by atoms with Crippen molar-refractivity contribution in [3.05, 3.63) is 35.3 Å². The lowest BCUT2D eigenvalue weighted by atomic mass is 10.3. The molecule has 2 rings (SSSR count). The number of aromatic nitrogens is 2. The first kappa shape index (κ1) is 13.8. The van der Waals surface area contributed by atoms with Crippen LogP contribution in [0.4, 0.5) is 14.5 Å². The molecule has 102 valence electrons. The maximum atomic E-state index is 12.6. The molecule has 0 unspecified atom stereocenters. The Balaban J connectivity index is 2.27. The third kappa shape index (κ3) is 3.04. The van der Waals surface area contributed by atoms with Gasteiger partial charge in [-0.1, -0.05) is 16.6 Å². The van der Waals surface area contributed by atoms with E-state index in [2.05, 4.69) is 14.9 Å². The number of nitrogens with one attached hydrogen (secondary N) is 1. The number of rotatable bonds is 5. The van der Waals surface area contributed by atoms with Crippen LogP contribution in [0.5, 0.6) is 0 Å². The van der Waals surface area contributed by atoms with E-state index in [1.165, 1.54) is 12.1 Å². The molecule has 1 N–H and O–H groups in total. The van der Waals surface area contributed by atoms with Crippen LogP contribution in [0.3, 0.4) is 0 Å². The van der Waals surface area contributed by atoms with Crippen LogP contribution in [0.2, 0.25) is 0 Å². The van der Waals surface area contributed by atoms with Crippen LogP contribution in [0, 0.1) is 0 Å². The molecule has 0 saturated carbocycles. The Hall–Kier alpha value is -1.61. The smallest absolute Gasteiger partial charge is 0.341 e. The van der Waals surface area contributed by atoms with Crippen LogP contribution in [-0.4, -0.2) is 23.8 Å². The summed E-state index contributed by atoms with van der Waals surface area (Å²) in [5.74, 6) is -3.45. The summed E-state index contributed by atoms with van der Waals surface area (Å²) in [5, 5.41) is 8.21. The van der Waals surface area contributed by atoms with Gasteiger partial charge in [0.05, 0.1) is 22.8 Å². The lowest BCUT2D eigenvalue weighted by Crippen LogP contribution is -2.14. The van der Waals surface area contributed by atoms with Crippen LogP contribution in [0.1, 0.15) is 5.69 Å². The molecule has 0 aliphatic heterocycles. The average molecular weight is 305 g/mol. The minimum Gasteiger partial charge on any atom is -0.378 e. The Bertz CT molecular complexity index is 645. The number of hydrogen-bond donors (Lipinski definition) is 1. The number of anilines is 1. The molecule has 1 aromatic carbocycles. The second kappa shape index (κ2) is 5.57. The second-order valence-corrected chi connectivity index (χ2v) is 6.05. The van der Waals surface area contributed by atoms with Gasteiger partial charge in [0, 0.05) is 5.38 Å². The van der Waals surface area contributed by atoms with Crippen LogP contribution in [0.25, 0.3) is 0 Å². The summed E-state index contributed by atoms with van der Waals surface area (Å²) < 4.78 is 51.8. The van der Waals surface area contributed by atoms with Crippen LogP contribution >= 0.6 is 11.5 Å². The molecule has 0 aliphatic rings. The normalized spacial score (nSPS) is 11.7. The minimum atomic E-state index is -4.63. The van der Waals surface area contributed by atoms with Crippen molar-refractivity contribution in [1.29, 1.82) is 0 Å². The topological polar surface area (TPSA) is 72.0 Å². The van der Waals surface area contributed by atoms with Crippen molar-refractivity contribution in [2.45, 2.75) is 17.2 Å². The summed E-state index contributed by atoms with van der Waals surface area (Å²) in [4.78, 5) is -0.423. The summed E-state index contributed by atoms with van der Waals surface area (Å²) in [5.41, 5.74) is 0.727. The van der Waals surface area contributed by atoms with E-state index in [-0.39, 0.29) is 12.2 Å². The van der Waals surface area contributed by atoms with Crippen molar-refractivity contribution >= 4 is 27.1 Å². The lowest BCUT2D eigenvalue weighted by molar-refractivity contribution is 0.235. The highest BCUT2D eigenvalue weighted by molar-refractivity contribution is 7.91. The van der Waals surface area contributed by atoms with Crippen LogP contribution in [0.15, 0.2) is 34.5 Å². The lowest BCUT2D eigenvalue weighted by Gasteiger charge is -2.11. The zero-order chi connectivity index (χ0) is 13.9. The number of benzene rings is 1. The summed E-state index contributed by atoms with van der Waals surface area (Å²) >= 11 is 1.15. The van der Waals surface area contributed by atoms with Crippen molar-refractivity contribution in [1.82, 2.24) is 9.59 Å². The molecular formula is C10H9F2N3O2S2. The van der Waals surface area contributed by atoms with E-state index in [9.17, 15) is 17.2 Å². The van der Waals surface area contributed by atoms with E-state index in [0.717, 1.165) is 17.6 Å². The molecule has 0 atom stereocenters. The Kier molecular flexibility index (Phi) is 4.05. The van der Waals surface area contributed by atoms with Gasteiger partial charge in [-0.3, -0.25) is 0 Å². The van der Waals surface area contributed by atoms with Gasteiger partial charge in [-0.2, -0.15) is 8.78 Å². The van der Waals surface area contributed by atoms with E-state index in [0.29, 0.717) is 5.69 Å². The fourth-order valence-corrected chi connectivity index (χ4v) is 2.76. The first-order valence-electron chi connectivity index (χ1n) is 5.12. The molecule has 0 spiro atoms. The molecule has 0 fully saturated rings. The Morgan fingerprint density at radius 3 is 2.68 bits per heavy atom. The molecule has 1 heterocycles. The maximum Gasteiger partial charge on any atom is 0.341 e. The van der Waals surface area contributed by atoms with E-state index in [1.807, 2.05) is 0 Å². The average Bonchev–Trinajstić information content (AvgIpc) is 2.89. The number of para-hydroxylation sites is 1. The first-order valence-corrected chi connectivity index (χ1v) is 7.51. The summed E-state index contributed by atoms with van der Waals surface area (Å²) in [7, 11) is -4.63. The number of halogens is 2. The van der Waals surface area contributed by atoms with Gasteiger partial charge in [0.1, 0.15) is 0 Å². The Labute approximate surface area is 112 Å². The monoisotopic (exact) mass is 305 g/mol. The Morgan fingerprint density at radius 1 is 1.32 bits per heavy atom. The van der Waals surface area contributed by atoms with Gasteiger partial charge in [0.15, 0.2) is 0 Å². The number of sulfone groups is 1. The van der Waals surface area contributed by atoms with Gasteiger partial charge in [0.2, 0.25) is 9.84 Å². The standard InChI is InChI=1S/C10H9F2N3O2S2/c11-10(12)19(16,17)9-4-2-1-3-8(9)13-5-7-6-18-15-14-7/h1-4,6,10,13H,5H2. The van der Waals surface area contributed by atoms with Crippen molar-refractivity contribution in [2.75, 3.05) is 5.32 Å². The van der Waals surface area contributed by atoms with E-state index >= 15 is 0 Å². The summed E-state index contributed by atoms with van der Waals surface area (Å²) in [6, 6.07) is 5.52. The van der Waals surface area contributed by atoms with Gasteiger partial charge in [-0.15, -0.1) is 5.10 Å². The fourth-order valence-electron chi connectivity index (χ4n) is 1.40. The van der Waals surface area contributed by atoms with E-state index in [1.54, 1.807) is 11.4 Å². The summed E-state index contributed by atoms with van der Waals surface area (Å²) in [6.07, 6.45) is 0. The molecule has 2 aromatic rings. The van der Waals surface area contributed by atoms with Crippen molar-refractivity contribution in [3.63, 3.8) is 0 Å². The molecule has 0 amide bonds. The predicted octanol–water partition coefficient (Wildman–Crippen LogP) is 2.15. The molecule has 0 bridgehead atoms. The van der Waals surface area contributed by atoms with E-state index < -0.39 is 20.5 Å². The van der Waals surface area contributed by atoms with E-state index in [4.69, 9.17) is 0 Å². The van der Waals surface area contributed by atoms with Crippen molar-refractivity contribution < 1.29 is 17.2 Å². The molecule has 0 saturated heterocycles. The third-order valence-electron chi connectivity index (χ3n) is 2.29. The highest BCUT2D eigenvalue weighted by Crippen LogP contribution is 2.26. The molecule has 1 aromatic heterocycles.